The predicted octanol–water partition coefficient (Wildman–Crippen LogP) is 21.0. The summed E-state index contributed by atoms with van der Waals surface area (Å²) in [5, 5.41) is 0. The van der Waals surface area contributed by atoms with Gasteiger partial charge in [-0.3, -0.25) is 9.59 Å². The average molecular weight is 1710 g/mol. The first-order chi connectivity index (χ1) is 60.4. The molecule has 0 aliphatic rings. The molecule has 0 bridgehead atoms. The lowest BCUT2D eigenvalue weighted by Crippen LogP contribution is -2.18. The number of carbonyl (C=O) groups is 10. The van der Waals surface area contributed by atoms with Crippen molar-refractivity contribution in [1.82, 2.24) is 0 Å². The van der Waals surface area contributed by atoms with E-state index >= 15 is 0 Å². The van der Waals surface area contributed by atoms with Crippen molar-refractivity contribution in [3.8, 4) is 46.0 Å². The number of unbranched alkanes of at least 4 members (excludes halogenated alkanes) is 31. The van der Waals surface area contributed by atoms with Crippen LogP contribution in [-0.2, 0) is 51.0 Å². The van der Waals surface area contributed by atoms with Gasteiger partial charge in [-0.15, -0.1) is 0 Å². The molecule has 0 unspecified atom stereocenters. The zero-order valence-corrected chi connectivity index (χ0v) is 72.3. The molecular formula is C100H128N2O22. The molecule has 0 radical (unpaired) electrons. The molecule has 0 aromatic heterocycles. The van der Waals surface area contributed by atoms with Crippen molar-refractivity contribution in [2.24, 2.45) is 11.5 Å². The van der Waals surface area contributed by atoms with Crippen LogP contribution in [0.1, 0.15) is 304 Å². The van der Waals surface area contributed by atoms with E-state index in [1.165, 1.54) is 12.1 Å². The first kappa shape index (κ1) is 101. The minimum Gasteiger partial charge on any atom is -0.494 e. The van der Waals surface area contributed by atoms with Gasteiger partial charge in [0.25, 0.3) is 11.8 Å². The van der Waals surface area contributed by atoms with Gasteiger partial charge in [0.15, 0.2) is 0 Å². The van der Waals surface area contributed by atoms with E-state index in [1.54, 1.807) is 109 Å². The maximum Gasteiger partial charge on any atom is 0.343 e. The zero-order valence-electron chi connectivity index (χ0n) is 72.3. The SMILES string of the molecule is C=CC(=O)OCCCCCCCCCOc1ccc(C(=O)Oc2cc(CCCCCCCCCCc3cc(OC(=O)c4ccc(OCCCCCCCCCOC(=O)C=C)cc4)cc(C(N)=O)c3OC(=O)c3ccc(OCCCCCCCCCOC(=O)C=C)cc3)c(OC(=O)c3ccc(OCCCCCCCCCOC(=O)C=C)cc3)c(C(N)=O)c2)cc1. The second-order valence-electron chi connectivity index (χ2n) is 30.4. The third-order valence-corrected chi connectivity index (χ3v) is 20.5. The number of rotatable bonds is 69. The van der Waals surface area contributed by atoms with E-state index in [1.807, 2.05) is 0 Å². The Morgan fingerprint density at radius 3 is 0.637 bits per heavy atom. The van der Waals surface area contributed by atoms with Gasteiger partial charge in [0, 0.05) is 24.3 Å². The molecule has 2 amide bonds. The number of carbonyl (C=O) groups excluding carboxylic acids is 10. The second-order valence-corrected chi connectivity index (χ2v) is 30.4. The van der Waals surface area contributed by atoms with Crippen LogP contribution in [0.15, 0.2) is 172 Å². The number of benzene rings is 6. The summed E-state index contributed by atoms with van der Waals surface area (Å²) in [4.78, 5) is 127. The number of hydrogen-bond donors (Lipinski definition) is 2. The zero-order chi connectivity index (χ0) is 89.0. The van der Waals surface area contributed by atoms with E-state index in [0.717, 1.165) is 243 Å². The number of amides is 2. The average Bonchev–Trinajstić information content (AvgIpc) is 0.804. The smallest absolute Gasteiger partial charge is 0.343 e. The lowest BCUT2D eigenvalue weighted by molar-refractivity contribution is -0.138. The van der Waals surface area contributed by atoms with Crippen molar-refractivity contribution < 1.29 is 105 Å². The highest BCUT2D eigenvalue weighted by atomic mass is 16.6. The monoisotopic (exact) mass is 1710 g/mol. The summed E-state index contributed by atoms with van der Waals surface area (Å²) in [5.41, 5.74) is 13.5. The highest BCUT2D eigenvalue weighted by Crippen LogP contribution is 2.36. The van der Waals surface area contributed by atoms with Crippen molar-refractivity contribution in [1.29, 1.82) is 0 Å². The van der Waals surface area contributed by atoms with Gasteiger partial charge in [-0.25, -0.2) is 38.4 Å². The van der Waals surface area contributed by atoms with Gasteiger partial charge in [0.1, 0.15) is 46.0 Å². The Balaban J connectivity index is 1.06. The quantitative estimate of drug-likeness (QED) is 0.0118. The van der Waals surface area contributed by atoms with Gasteiger partial charge in [-0.2, -0.15) is 0 Å². The Labute approximate surface area is 731 Å². The van der Waals surface area contributed by atoms with Crippen LogP contribution in [0.4, 0.5) is 0 Å². The first-order valence-electron chi connectivity index (χ1n) is 44.3. The molecule has 6 rings (SSSR count). The van der Waals surface area contributed by atoms with Crippen molar-refractivity contribution in [3.63, 3.8) is 0 Å². The molecule has 24 heteroatoms. The van der Waals surface area contributed by atoms with E-state index in [2.05, 4.69) is 26.3 Å². The maximum atomic E-state index is 14.0. The van der Waals surface area contributed by atoms with Crippen LogP contribution in [-0.4, -0.2) is 112 Å². The topological polar surface area (TPSA) is 333 Å². The van der Waals surface area contributed by atoms with Crippen molar-refractivity contribution >= 4 is 59.6 Å². The van der Waals surface area contributed by atoms with Gasteiger partial charge >= 0.3 is 47.8 Å². The van der Waals surface area contributed by atoms with Gasteiger partial charge in [0.05, 0.1) is 86.2 Å². The summed E-state index contributed by atoms with van der Waals surface area (Å²) in [6, 6.07) is 32.0. The van der Waals surface area contributed by atoms with Crippen LogP contribution >= 0.6 is 0 Å². The van der Waals surface area contributed by atoms with E-state index < -0.39 is 59.6 Å². The summed E-state index contributed by atoms with van der Waals surface area (Å²) in [6.45, 7) is 17.2. The molecular weight excluding hydrogens is 1580 g/mol. The lowest BCUT2D eigenvalue weighted by Gasteiger charge is -2.16. The fourth-order valence-electron chi connectivity index (χ4n) is 13.5. The van der Waals surface area contributed by atoms with Crippen LogP contribution in [0.3, 0.4) is 0 Å². The highest BCUT2D eigenvalue weighted by molar-refractivity contribution is 6.01. The molecule has 4 N–H and O–H groups in total. The summed E-state index contributed by atoms with van der Waals surface area (Å²) in [6.07, 6.45) is 38.3. The minimum absolute atomic E-state index is 0.0272. The summed E-state index contributed by atoms with van der Waals surface area (Å²) in [7, 11) is 0. The number of nitrogens with two attached hydrogens (primary N) is 2. The first-order valence-corrected chi connectivity index (χ1v) is 44.3. The molecule has 0 saturated carbocycles. The highest BCUT2D eigenvalue weighted by Gasteiger charge is 2.26. The molecule has 0 aliphatic carbocycles. The minimum atomic E-state index is -0.905. The van der Waals surface area contributed by atoms with Gasteiger partial charge in [-0.1, -0.05) is 193 Å². The van der Waals surface area contributed by atoms with E-state index in [4.69, 9.17) is 68.3 Å². The molecule has 0 aliphatic heterocycles. The fourth-order valence-corrected chi connectivity index (χ4v) is 13.5. The van der Waals surface area contributed by atoms with Crippen LogP contribution in [0.25, 0.3) is 0 Å². The third-order valence-electron chi connectivity index (χ3n) is 20.5. The summed E-state index contributed by atoms with van der Waals surface area (Å²) in [5.74, 6) is -4.05. The van der Waals surface area contributed by atoms with E-state index in [-0.39, 0.29) is 56.4 Å². The largest absolute Gasteiger partial charge is 0.494 e. The van der Waals surface area contributed by atoms with Crippen LogP contribution < -0.4 is 49.4 Å². The van der Waals surface area contributed by atoms with Crippen molar-refractivity contribution in [3.05, 3.63) is 216 Å². The molecule has 24 nitrogen and oxygen atoms in total. The Hall–Kier alpha value is -11.8. The molecule has 0 fully saturated rings. The lowest BCUT2D eigenvalue weighted by atomic mass is 9.99. The number of primary amides is 2. The second kappa shape index (κ2) is 61.5. The Morgan fingerprint density at radius 1 is 0.234 bits per heavy atom. The van der Waals surface area contributed by atoms with Gasteiger partial charge < -0.3 is 68.3 Å². The maximum absolute atomic E-state index is 14.0. The Bertz CT molecular complexity index is 4010. The van der Waals surface area contributed by atoms with Crippen LogP contribution in [0, 0.1) is 0 Å². The number of esters is 8. The molecule has 6 aromatic carbocycles. The fraction of sp³-hybridized carbons (Fsp3) is 0.460. The Kier molecular flexibility index (Phi) is 50.1. The third kappa shape index (κ3) is 41.8. The Morgan fingerprint density at radius 2 is 0.427 bits per heavy atom. The molecule has 670 valence electrons. The van der Waals surface area contributed by atoms with Crippen molar-refractivity contribution in [2.45, 2.75) is 244 Å². The van der Waals surface area contributed by atoms with Gasteiger partial charge in [-0.05, 0) is 210 Å². The molecule has 0 heterocycles. The van der Waals surface area contributed by atoms with Crippen LogP contribution in [0.2, 0.25) is 0 Å². The van der Waals surface area contributed by atoms with Crippen LogP contribution in [0.5, 0.6) is 46.0 Å². The van der Waals surface area contributed by atoms with Gasteiger partial charge in [0.2, 0.25) is 0 Å². The molecule has 0 saturated heterocycles. The van der Waals surface area contributed by atoms with E-state index in [0.29, 0.717) is 113 Å². The standard InChI is InChI=1S/C100H128N2O22/c1-5-89(103)117-67-41-31-21-11-17-27-37-63-113-81-55-47-75(48-56-81)97(109)121-85-71-79(93(87(73-85)95(101)107)123-99(111)77-51-59-83(60-52-77)115-65-39-29-19-13-23-33-43-69-119-91(105)7-3)45-35-25-15-9-10-16-26-36-46-80-72-86(122-98(110)76-49-57-82(58-50-76)114-64-38-28-18-12-22-32-42-68-118-90(104)6-2)74-88(96(102)108)94(80)124-100(112)78-53-61-84(62-54-78)116-66-40-30-20-14-24-34-44-70-120-92(106)8-4/h5-8,47-62,71-74H,1-4,9-46,63-70H2,(H2,101,107)(H2,102,108). The summed E-state index contributed by atoms with van der Waals surface area (Å²) >= 11 is 0. The number of ether oxygens (including phenoxy) is 12. The number of aryl methyl sites for hydroxylation is 2. The van der Waals surface area contributed by atoms with E-state index in [9.17, 15) is 47.9 Å². The van der Waals surface area contributed by atoms with Crippen molar-refractivity contribution in [2.75, 3.05) is 52.9 Å². The normalized spacial score (nSPS) is 10.8. The summed E-state index contributed by atoms with van der Waals surface area (Å²) < 4.78 is 68.1. The predicted molar refractivity (Wildman–Crippen MR) is 476 cm³/mol. The molecule has 6 aromatic rings. The number of hydrogen-bond acceptors (Lipinski definition) is 22. The molecule has 0 spiro atoms. The molecule has 0 atom stereocenters. The molecule has 124 heavy (non-hydrogen) atoms.